The summed E-state index contributed by atoms with van der Waals surface area (Å²) in [6, 6.07) is 4.40. The van der Waals surface area contributed by atoms with Crippen LogP contribution in [0.5, 0.6) is 0 Å². The van der Waals surface area contributed by atoms with Gasteiger partial charge < -0.3 is 10.1 Å². The molecule has 0 bridgehead atoms. The summed E-state index contributed by atoms with van der Waals surface area (Å²) in [7, 11) is 0. The summed E-state index contributed by atoms with van der Waals surface area (Å²) in [6.07, 6.45) is 1.78. The highest BCUT2D eigenvalue weighted by molar-refractivity contribution is 7.11. The fourth-order valence-corrected chi connectivity index (χ4v) is 3.14. The molecule has 0 aliphatic carbocycles. The van der Waals surface area contributed by atoms with Crippen LogP contribution in [0.25, 0.3) is 11.0 Å². The van der Waals surface area contributed by atoms with Crippen molar-refractivity contribution >= 4 is 28.3 Å². The first-order valence-corrected chi connectivity index (χ1v) is 7.19. The van der Waals surface area contributed by atoms with Crippen molar-refractivity contribution < 1.29 is 9.90 Å². The van der Waals surface area contributed by atoms with Crippen LogP contribution in [0.1, 0.15) is 33.2 Å². The predicted molar refractivity (Wildman–Crippen MR) is 80.2 cm³/mol. The molecule has 0 aliphatic rings. The summed E-state index contributed by atoms with van der Waals surface area (Å²) in [5.74, 6) is -1.02. The molecule has 21 heavy (non-hydrogen) atoms. The van der Waals surface area contributed by atoms with Crippen LogP contribution in [0.3, 0.4) is 0 Å². The van der Waals surface area contributed by atoms with Crippen molar-refractivity contribution in [1.82, 2.24) is 14.5 Å². The van der Waals surface area contributed by atoms with Crippen molar-refractivity contribution in [2.24, 2.45) is 0 Å². The molecule has 3 aromatic rings. The Hall–Kier alpha value is -2.41. The molecule has 0 radical (unpaired) electrons. The minimum Gasteiger partial charge on any atom is -0.478 e. The highest BCUT2D eigenvalue weighted by Crippen LogP contribution is 2.25. The number of aromatic nitrogens is 3. The Morgan fingerprint density at radius 3 is 2.86 bits per heavy atom. The largest absolute Gasteiger partial charge is 0.478 e. The monoisotopic (exact) mass is 303 g/mol. The lowest BCUT2D eigenvalue weighted by Crippen LogP contribution is -2.21. The summed E-state index contributed by atoms with van der Waals surface area (Å²) >= 11 is 1.54. The van der Waals surface area contributed by atoms with Gasteiger partial charge in [-0.15, -0.1) is 11.3 Å². The first-order chi connectivity index (χ1) is 9.97. The maximum absolute atomic E-state index is 12.2. The Kier molecular flexibility index (Phi) is 3.13. The van der Waals surface area contributed by atoms with Gasteiger partial charge in [0, 0.05) is 11.1 Å². The third-order valence-electron chi connectivity index (χ3n) is 3.35. The van der Waals surface area contributed by atoms with Crippen molar-refractivity contribution in [1.29, 1.82) is 0 Å². The van der Waals surface area contributed by atoms with Crippen LogP contribution in [0, 0.1) is 6.92 Å². The van der Waals surface area contributed by atoms with E-state index in [1.54, 1.807) is 28.2 Å². The molecule has 3 rings (SSSR count). The molecule has 1 aromatic carbocycles. The fourth-order valence-electron chi connectivity index (χ4n) is 2.32. The van der Waals surface area contributed by atoms with Gasteiger partial charge in [-0.25, -0.2) is 14.6 Å². The summed E-state index contributed by atoms with van der Waals surface area (Å²) < 4.78 is 1.60. The molecule has 2 heterocycles. The van der Waals surface area contributed by atoms with Gasteiger partial charge in [0.05, 0.1) is 22.6 Å². The lowest BCUT2D eigenvalue weighted by atomic mass is 10.2. The molecule has 0 saturated heterocycles. The number of aromatic amines is 1. The number of imidazole rings is 1. The molecule has 1 unspecified atom stereocenters. The maximum Gasteiger partial charge on any atom is 0.335 e. The third kappa shape index (κ3) is 2.25. The van der Waals surface area contributed by atoms with Gasteiger partial charge >= 0.3 is 11.7 Å². The molecule has 6 nitrogen and oxygen atoms in total. The van der Waals surface area contributed by atoms with E-state index >= 15 is 0 Å². The highest BCUT2D eigenvalue weighted by Gasteiger charge is 2.18. The van der Waals surface area contributed by atoms with Gasteiger partial charge in [0.2, 0.25) is 0 Å². The van der Waals surface area contributed by atoms with Crippen molar-refractivity contribution in [2.75, 3.05) is 0 Å². The zero-order chi connectivity index (χ0) is 15.1. The van der Waals surface area contributed by atoms with E-state index in [9.17, 15) is 9.59 Å². The van der Waals surface area contributed by atoms with Crippen LogP contribution in [0.2, 0.25) is 0 Å². The van der Waals surface area contributed by atoms with Crippen LogP contribution < -0.4 is 5.69 Å². The number of fused-ring (bicyclic) bond motifs is 1. The van der Waals surface area contributed by atoms with Crippen LogP contribution >= 0.6 is 11.3 Å². The Morgan fingerprint density at radius 1 is 1.48 bits per heavy atom. The number of carboxylic acids is 1. The lowest BCUT2D eigenvalue weighted by molar-refractivity contribution is 0.0697. The van der Waals surface area contributed by atoms with Gasteiger partial charge in [-0.05, 0) is 32.0 Å². The minimum atomic E-state index is -1.02. The van der Waals surface area contributed by atoms with Crippen molar-refractivity contribution in [3.63, 3.8) is 0 Å². The molecule has 1 atom stereocenters. The molecule has 2 N–H and O–H groups in total. The summed E-state index contributed by atoms with van der Waals surface area (Å²) in [4.78, 5) is 31.3. The number of nitrogens with one attached hydrogen (secondary N) is 1. The summed E-state index contributed by atoms with van der Waals surface area (Å²) in [6.45, 7) is 3.86. The van der Waals surface area contributed by atoms with E-state index in [0.29, 0.717) is 11.0 Å². The smallest absolute Gasteiger partial charge is 0.335 e. The van der Waals surface area contributed by atoms with E-state index in [0.717, 1.165) is 9.88 Å². The fraction of sp³-hybridized carbons (Fsp3) is 0.214. The van der Waals surface area contributed by atoms with Crippen LogP contribution in [0.15, 0.2) is 29.2 Å². The second-order valence-electron chi connectivity index (χ2n) is 4.82. The van der Waals surface area contributed by atoms with E-state index in [4.69, 9.17) is 5.11 Å². The van der Waals surface area contributed by atoms with Gasteiger partial charge in [0.15, 0.2) is 0 Å². The first-order valence-electron chi connectivity index (χ1n) is 6.37. The lowest BCUT2D eigenvalue weighted by Gasteiger charge is -2.10. The van der Waals surface area contributed by atoms with Gasteiger partial charge in [0.1, 0.15) is 5.01 Å². The SMILES string of the molecule is Cc1cnc(C(C)n2c(=O)[nH]c3cc(C(=O)O)ccc32)s1. The van der Waals surface area contributed by atoms with E-state index in [1.165, 1.54) is 12.1 Å². The molecular weight excluding hydrogens is 290 g/mol. The number of carboxylic acid groups (broad SMARTS) is 1. The zero-order valence-corrected chi connectivity index (χ0v) is 12.3. The van der Waals surface area contributed by atoms with Gasteiger partial charge in [0.25, 0.3) is 0 Å². The first kappa shape index (κ1) is 13.6. The Morgan fingerprint density at radius 2 is 2.24 bits per heavy atom. The average Bonchev–Trinajstić information content (AvgIpc) is 2.99. The molecule has 108 valence electrons. The van der Waals surface area contributed by atoms with Crippen molar-refractivity contribution in [2.45, 2.75) is 19.9 Å². The summed E-state index contributed by atoms with van der Waals surface area (Å²) in [5, 5.41) is 9.85. The molecule has 0 aliphatic heterocycles. The molecule has 0 saturated carbocycles. The molecule has 2 aromatic heterocycles. The minimum absolute atomic E-state index is 0.147. The number of hydrogen-bond donors (Lipinski definition) is 2. The van der Waals surface area contributed by atoms with Gasteiger partial charge in [-0.2, -0.15) is 0 Å². The van der Waals surface area contributed by atoms with E-state index in [2.05, 4.69) is 9.97 Å². The number of carbonyl (C=O) groups is 1. The predicted octanol–water partition coefficient (Wildman–Crippen LogP) is 2.40. The Balaban J connectivity index is 2.16. The van der Waals surface area contributed by atoms with Gasteiger partial charge in [-0.3, -0.25) is 4.57 Å². The second-order valence-corrected chi connectivity index (χ2v) is 6.09. The molecule has 0 spiro atoms. The number of aromatic carboxylic acids is 1. The number of thiazole rings is 1. The van der Waals surface area contributed by atoms with Crippen molar-refractivity contribution in [3.05, 3.63) is 50.3 Å². The number of aryl methyl sites for hydroxylation is 1. The Labute approximate surface area is 123 Å². The number of rotatable bonds is 3. The maximum atomic E-state index is 12.2. The third-order valence-corrected chi connectivity index (χ3v) is 4.43. The van der Waals surface area contributed by atoms with Crippen LogP contribution in [0.4, 0.5) is 0 Å². The van der Waals surface area contributed by atoms with Gasteiger partial charge in [-0.1, -0.05) is 0 Å². The number of benzene rings is 1. The van der Waals surface area contributed by atoms with E-state index in [-0.39, 0.29) is 17.3 Å². The number of H-pyrrole nitrogens is 1. The van der Waals surface area contributed by atoms with E-state index < -0.39 is 5.97 Å². The highest BCUT2D eigenvalue weighted by atomic mass is 32.1. The summed E-state index contributed by atoms with van der Waals surface area (Å²) in [5.41, 5.74) is 1.06. The topological polar surface area (TPSA) is 88.0 Å². The molecule has 0 amide bonds. The number of hydrogen-bond acceptors (Lipinski definition) is 4. The molecule has 7 heteroatoms. The average molecular weight is 303 g/mol. The van der Waals surface area contributed by atoms with Crippen molar-refractivity contribution in [3.8, 4) is 0 Å². The number of nitrogens with zero attached hydrogens (tertiary/aromatic N) is 2. The molecule has 0 fully saturated rings. The molecular formula is C14H13N3O3S. The van der Waals surface area contributed by atoms with E-state index in [1.807, 2.05) is 13.8 Å². The Bertz CT molecular complexity index is 890. The quantitative estimate of drug-likeness (QED) is 0.777. The normalized spacial score (nSPS) is 12.7. The second kappa shape index (κ2) is 4.85. The standard InChI is InChI=1S/C14H13N3O3S/c1-7-6-15-12(21-7)8(2)17-11-4-3-9(13(18)19)5-10(11)16-14(17)20/h3-6,8H,1-2H3,(H,16,20)(H,18,19). The zero-order valence-electron chi connectivity index (χ0n) is 11.5. The van der Waals surface area contributed by atoms with Crippen LogP contribution in [-0.2, 0) is 0 Å². The van der Waals surface area contributed by atoms with Crippen LogP contribution in [-0.4, -0.2) is 25.6 Å².